The van der Waals surface area contributed by atoms with Crippen molar-refractivity contribution in [2.24, 2.45) is 5.41 Å². The van der Waals surface area contributed by atoms with Gasteiger partial charge in [-0.15, -0.1) is 0 Å². The van der Waals surface area contributed by atoms with Crippen molar-refractivity contribution >= 4 is 0 Å². The molecular formula is C16H31NO. The lowest BCUT2D eigenvalue weighted by atomic mass is 9.70. The molecule has 2 heteroatoms. The number of hydrogen-bond acceptors (Lipinski definition) is 2. The Bertz CT molecular complexity index is 264. The fraction of sp³-hybridized carbons (Fsp3) is 1.00. The van der Waals surface area contributed by atoms with Gasteiger partial charge >= 0.3 is 0 Å². The van der Waals surface area contributed by atoms with Gasteiger partial charge in [0, 0.05) is 12.6 Å². The van der Waals surface area contributed by atoms with Gasteiger partial charge < -0.3 is 10.1 Å². The molecule has 0 aromatic carbocycles. The highest BCUT2D eigenvalue weighted by atomic mass is 16.5. The lowest BCUT2D eigenvalue weighted by Gasteiger charge is -2.50. The lowest BCUT2D eigenvalue weighted by Crippen LogP contribution is -2.60. The van der Waals surface area contributed by atoms with Crippen molar-refractivity contribution in [3.63, 3.8) is 0 Å². The summed E-state index contributed by atoms with van der Waals surface area (Å²) in [6, 6.07) is 0.575. The van der Waals surface area contributed by atoms with Gasteiger partial charge in [-0.25, -0.2) is 0 Å². The van der Waals surface area contributed by atoms with E-state index in [9.17, 15) is 0 Å². The molecule has 0 aromatic rings. The second kappa shape index (κ2) is 5.50. The summed E-state index contributed by atoms with van der Waals surface area (Å²) in [5, 5.41) is 3.77. The molecule has 1 saturated carbocycles. The van der Waals surface area contributed by atoms with Crippen molar-refractivity contribution in [2.75, 3.05) is 6.54 Å². The number of hydrogen-bond donors (Lipinski definition) is 1. The number of morpholine rings is 1. The Hall–Kier alpha value is -0.0800. The Labute approximate surface area is 113 Å². The van der Waals surface area contributed by atoms with E-state index in [1.165, 1.54) is 44.9 Å². The first-order valence-electron chi connectivity index (χ1n) is 7.91. The Morgan fingerprint density at radius 2 is 1.78 bits per heavy atom. The fourth-order valence-electron chi connectivity index (χ4n) is 3.52. The minimum atomic E-state index is 0.154. The molecule has 2 unspecified atom stereocenters. The maximum absolute atomic E-state index is 6.59. The van der Waals surface area contributed by atoms with E-state index >= 15 is 0 Å². The smallest absolute Gasteiger partial charge is 0.0811 e. The maximum Gasteiger partial charge on any atom is 0.0811 e. The molecule has 0 amide bonds. The molecule has 0 bridgehead atoms. The van der Waals surface area contributed by atoms with Crippen LogP contribution in [0.1, 0.15) is 72.6 Å². The first-order chi connectivity index (χ1) is 8.50. The van der Waals surface area contributed by atoms with E-state index in [0.717, 1.165) is 6.54 Å². The second-order valence-electron chi connectivity index (χ2n) is 7.19. The molecule has 2 nitrogen and oxygen atoms in total. The van der Waals surface area contributed by atoms with Crippen LogP contribution < -0.4 is 5.32 Å². The van der Waals surface area contributed by atoms with Crippen molar-refractivity contribution in [3.05, 3.63) is 0 Å². The van der Waals surface area contributed by atoms with Crippen LogP contribution in [0.25, 0.3) is 0 Å². The van der Waals surface area contributed by atoms with Crippen LogP contribution in [0.2, 0.25) is 0 Å². The Morgan fingerprint density at radius 1 is 1.11 bits per heavy atom. The van der Waals surface area contributed by atoms with Gasteiger partial charge in [-0.1, -0.05) is 34.1 Å². The third kappa shape index (κ3) is 3.08. The van der Waals surface area contributed by atoms with Gasteiger partial charge in [0.15, 0.2) is 0 Å². The molecule has 1 spiro atoms. The first kappa shape index (κ1) is 14.3. The molecule has 1 heterocycles. The zero-order valence-electron chi connectivity index (χ0n) is 12.7. The van der Waals surface area contributed by atoms with Crippen LogP contribution in [0.5, 0.6) is 0 Å². The van der Waals surface area contributed by atoms with E-state index in [1.807, 2.05) is 0 Å². The highest BCUT2D eigenvalue weighted by molar-refractivity contribution is 4.98. The SMILES string of the molecule is CCCC1OC2(CCC(C)(C)CC2)CNC1CC. The molecule has 0 radical (unpaired) electrons. The van der Waals surface area contributed by atoms with Crippen LogP contribution in [0.4, 0.5) is 0 Å². The topological polar surface area (TPSA) is 21.3 Å². The summed E-state index contributed by atoms with van der Waals surface area (Å²) in [4.78, 5) is 0. The predicted octanol–water partition coefficient (Wildman–Crippen LogP) is 3.89. The Morgan fingerprint density at radius 3 is 2.33 bits per heavy atom. The standard InChI is InChI=1S/C16H31NO/c1-5-7-14-13(6-2)17-12-16(18-14)10-8-15(3,4)9-11-16/h13-14,17H,5-12H2,1-4H3. The average molecular weight is 253 g/mol. The monoisotopic (exact) mass is 253 g/mol. The molecule has 2 aliphatic rings. The third-order valence-corrected chi connectivity index (χ3v) is 5.06. The summed E-state index contributed by atoms with van der Waals surface area (Å²) < 4.78 is 6.59. The van der Waals surface area contributed by atoms with Crippen molar-refractivity contribution in [2.45, 2.75) is 90.4 Å². The van der Waals surface area contributed by atoms with Crippen LogP contribution in [0.15, 0.2) is 0 Å². The largest absolute Gasteiger partial charge is 0.369 e. The van der Waals surface area contributed by atoms with E-state index in [0.29, 0.717) is 17.6 Å². The van der Waals surface area contributed by atoms with Crippen LogP contribution in [-0.4, -0.2) is 24.3 Å². The molecule has 2 rings (SSSR count). The zero-order chi connectivity index (χ0) is 13.2. The second-order valence-corrected chi connectivity index (χ2v) is 7.19. The van der Waals surface area contributed by atoms with Gasteiger partial charge in [-0.3, -0.25) is 0 Å². The third-order valence-electron chi connectivity index (χ3n) is 5.06. The van der Waals surface area contributed by atoms with Gasteiger partial charge in [0.1, 0.15) is 0 Å². The molecule has 0 aromatic heterocycles. The molecule has 2 atom stereocenters. The molecule has 1 aliphatic carbocycles. The van der Waals surface area contributed by atoms with Crippen molar-refractivity contribution in [1.82, 2.24) is 5.32 Å². The molecule has 1 N–H and O–H groups in total. The quantitative estimate of drug-likeness (QED) is 0.824. The van der Waals surface area contributed by atoms with Gasteiger partial charge in [-0.05, 0) is 43.9 Å². The summed E-state index contributed by atoms with van der Waals surface area (Å²) in [5.41, 5.74) is 0.678. The highest BCUT2D eigenvalue weighted by Crippen LogP contribution is 2.44. The van der Waals surface area contributed by atoms with Crippen LogP contribution >= 0.6 is 0 Å². The number of ether oxygens (including phenoxy) is 1. The minimum Gasteiger partial charge on any atom is -0.369 e. The normalized spacial score (nSPS) is 34.7. The Balaban J connectivity index is 1.99. The van der Waals surface area contributed by atoms with Crippen LogP contribution in [-0.2, 0) is 4.74 Å². The molecule has 18 heavy (non-hydrogen) atoms. The highest BCUT2D eigenvalue weighted by Gasteiger charge is 2.44. The van der Waals surface area contributed by atoms with Crippen molar-refractivity contribution < 1.29 is 4.74 Å². The summed E-state index contributed by atoms with van der Waals surface area (Å²) in [7, 11) is 0. The predicted molar refractivity (Wildman–Crippen MR) is 76.8 cm³/mol. The zero-order valence-corrected chi connectivity index (χ0v) is 12.7. The van der Waals surface area contributed by atoms with E-state index in [1.54, 1.807) is 0 Å². The van der Waals surface area contributed by atoms with E-state index in [-0.39, 0.29) is 5.60 Å². The van der Waals surface area contributed by atoms with Gasteiger partial charge in [-0.2, -0.15) is 0 Å². The summed E-state index contributed by atoms with van der Waals surface area (Å²) >= 11 is 0. The number of rotatable bonds is 3. The minimum absolute atomic E-state index is 0.154. The first-order valence-corrected chi connectivity index (χ1v) is 7.91. The Kier molecular flexibility index (Phi) is 4.38. The molecule has 1 saturated heterocycles. The van der Waals surface area contributed by atoms with Gasteiger partial charge in [0.2, 0.25) is 0 Å². The van der Waals surface area contributed by atoms with Gasteiger partial charge in [0.05, 0.1) is 11.7 Å². The summed E-state index contributed by atoms with van der Waals surface area (Å²) in [5.74, 6) is 0. The molecular weight excluding hydrogens is 222 g/mol. The van der Waals surface area contributed by atoms with E-state index in [4.69, 9.17) is 4.74 Å². The average Bonchev–Trinajstić information content (AvgIpc) is 2.35. The molecule has 106 valence electrons. The van der Waals surface area contributed by atoms with Crippen molar-refractivity contribution in [3.8, 4) is 0 Å². The maximum atomic E-state index is 6.59. The fourth-order valence-corrected chi connectivity index (χ4v) is 3.52. The lowest BCUT2D eigenvalue weighted by molar-refractivity contribution is -0.163. The summed E-state index contributed by atoms with van der Waals surface area (Å²) in [6.45, 7) is 10.4. The van der Waals surface area contributed by atoms with Crippen LogP contribution in [0.3, 0.4) is 0 Å². The van der Waals surface area contributed by atoms with Gasteiger partial charge in [0.25, 0.3) is 0 Å². The molecule has 2 fully saturated rings. The number of nitrogens with one attached hydrogen (secondary N) is 1. The van der Waals surface area contributed by atoms with E-state index < -0.39 is 0 Å². The van der Waals surface area contributed by atoms with E-state index in [2.05, 4.69) is 33.0 Å². The summed E-state index contributed by atoms with van der Waals surface area (Å²) in [6.07, 6.45) is 9.16. The van der Waals surface area contributed by atoms with Crippen molar-refractivity contribution in [1.29, 1.82) is 0 Å². The van der Waals surface area contributed by atoms with Crippen LogP contribution in [0, 0.1) is 5.41 Å². The molecule has 1 aliphatic heterocycles.